The molecule has 3 aromatic rings. The van der Waals surface area contributed by atoms with Crippen molar-refractivity contribution >= 4 is 28.8 Å². The van der Waals surface area contributed by atoms with Crippen molar-refractivity contribution in [2.45, 2.75) is 6.92 Å². The molecule has 2 N–H and O–H groups in total. The van der Waals surface area contributed by atoms with Crippen molar-refractivity contribution in [1.29, 1.82) is 0 Å². The lowest BCUT2D eigenvalue weighted by Crippen LogP contribution is -1.88. The van der Waals surface area contributed by atoms with E-state index in [0.717, 1.165) is 21.6 Å². The second-order valence-electron chi connectivity index (χ2n) is 4.24. The van der Waals surface area contributed by atoms with E-state index < -0.39 is 0 Å². The number of thiophene rings is 1. The molecule has 0 bridgehead atoms. The van der Waals surface area contributed by atoms with Crippen LogP contribution in [0.5, 0.6) is 0 Å². The van der Waals surface area contributed by atoms with Gasteiger partial charge in [0.2, 0.25) is 0 Å². The zero-order chi connectivity index (χ0) is 13.4. The Balaban J connectivity index is 2.22. The highest BCUT2D eigenvalue weighted by Crippen LogP contribution is 2.42. The number of aromatic nitrogens is 1. The molecule has 19 heavy (non-hydrogen) atoms. The Morgan fingerprint density at radius 3 is 2.84 bits per heavy atom. The Morgan fingerprint density at radius 2 is 2.16 bits per heavy atom. The zero-order valence-corrected chi connectivity index (χ0v) is 11.8. The third-order valence-electron chi connectivity index (χ3n) is 2.85. The lowest BCUT2D eigenvalue weighted by molar-refractivity contribution is 0.437. The maximum absolute atomic E-state index is 6.16. The van der Waals surface area contributed by atoms with E-state index >= 15 is 0 Å². The molecular formula is C14H11ClN2OS. The Bertz CT molecular complexity index is 733. The first-order valence-electron chi connectivity index (χ1n) is 5.72. The summed E-state index contributed by atoms with van der Waals surface area (Å²) >= 11 is 7.66. The summed E-state index contributed by atoms with van der Waals surface area (Å²) in [6, 6.07) is 9.89. The Kier molecular flexibility index (Phi) is 3.05. The van der Waals surface area contributed by atoms with Crippen LogP contribution in [0.1, 0.15) is 5.56 Å². The third-order valence-corrected chi connectivity index (χ3v) is 4.19. The topological polar surface area (TPSA) is 52.0 Å². The van der Waals surface area contributed by atoms with Crippen LogP contribution in [0.4, 0.5) is 5.82 Å². The van der Waals surface area contributed by atoms with Crippen molar-refractivity contribution < 1.29 is 4.52 Å². The van der Waals surface area contributed by atoms with E-state index in [-0.39, 0.29) is 0 Å². The molecule has 0 saturated carbocycles. The lowest BCUT2D eigenvalue weighted by atomic mass is 10.0. The van der Waals surface area contributed by atoms with Crippen molar-refractivity contribution in [3.05, 3.63) is 46.3 Å². The van der Waals surface area contributed by atoms with Gasteiger partial charge in [-0.3, -0.25) is 0 Å². The van der Waals surface area contributed by atoms with Crippen LogP contribution in [0.15, 0.2) is 40.2 Å². The van der Waals surface area contributed by atoms with Crippen molar-refractivity contribution in [3.8, 4) is 21.8 Å². The summed E-state index contributed by atoms with van der Waals surface area (Å²) in [5.41, 5.74) is 8.87. The van der Waals surface area contributed by atoms with Crippen LogP contribution in [-0.4, -0.2) is 5.16 Å². The number of nitrogens with zero attached hydrogens (tertiary/aromatic N) is 1. The van der Waals surface area contributed by atoms with Crippen LogP contribution in [0, 0.1) is 6.92 Å². The molecule has 0 spiro atoms. The molecular weight excluding hydrogens is 280 g/mol. The van der Waals surface area contributed by atoms with Gasteiger partial charge in [0, 0.05) is 0 Å². The van der Waals surface area contributed by atoms with E-state index in [2.05, 4.69) is 5.16 Å². The highest BCUT2D eigenvalue weighted by atomic mass is 35.5. The maximum Gasteiger partial charge on any atom is 0.188 e. The molecule has 96 valence electrons. The first-order valence-corrected chi connectivity index (χ1v) is 6.98. The molecule has 0 aliphatic carbocycles. The van der Waals surface area contributed by atoms with Gasteiger partial charge in [-0.2, -0.15) is 0 Å². The smallest absolute Gasteiger partial charge is 0.188 e. The van der Waals surface area contributed by atoms with E-state index in [1.807, 2.05) is 42.6 Å². The fraction of sp³-hybridized carbons (Fsp3) is 0.0714. The highest BCUT2D eigenvalue weighted by molar-refractivity contribution is 7.14. The van der Waals surface area contributed by atoms with Gasteiger partial charge in [0.15, 0.2) is 11.6 Å². The predicted molar refractivity (Wildman–Crippen MR) is 79.4 cm³/mol. The summed E-state index contributed by atoms with van der Waals surface area (Å²) < 4.78 is 5.37. The first kappa shape index (κ1) is 12.3. The van der Waals surface area contributed by atoms with Crippen molar-refractivity contribution in [2.24, 2.45) is 0 Å². The van der Waals surface area contributed by atoms with E-state index in [1.165, 1.54) is 11.3 Å². The number of anilines is 1. The quantitative estimate of drug-likeness (QED) is 0.749. The van der Waals surface area contributed by atoms with Crippen molar-refractivity contribution in [3.63, 3.8) is 0 Å². The van der Waals surface area contributed by atoms with Crippen molar-refractivity contribution in [1.82, 2.24) is 5.16 Å². The second-order valence-corrected chi connectivity index (χ2v) is 5.56. The third kappa shape index (κ3) is 2.13. The Labute approximate surface area is 119 Å². The molecule has 0 unspecified atom stereocenters. The largest absolute Gasteiger partial charge is 0.380 e. The normalized spacial score (nSPS) is 10.8. The van der Waals surface area contributed by atoms with Gasteiger partial charge < -0.3 is 10.3 Å². The molecule has 2 heterocycles. The summed E-state index contributed by atoms with van der Waals surface area (Å²) in [6.07, 6.45) is 0. The van der Waals surface area contributed by atoms with Crippen LogP contribution in [-0.2, 0) is 0 Å². The predicted octanol–water partition coefficient (Wildman–Crippen LogP) is 4.61. The fourth-order valence-corrected chi connectivity index (χ4v) is 3.12. The number of hydrogen-bond donors (Lipinski definition) is 1. The molecule has 0 radical (unpaired) electrons. The molecule has 3 rings (SSSR count). The first-order chi connectivity index (χ1) is 9.16. The van der Waals surface area contributed by atoms with Crippen LogP contribution < -0.4 is 5.73 Å². The van der Waals surface area contributed by atoms with Crippen LogP contribution in [0.25, 0.3) is 21.8 Å². The maximum atomic E-state index is 6.16. The van der Waals surface area contributed by atoms with Crippen LogP contribution >= 0.6 is 22.9 Å². The van der Waals surface area contributed by atoms with Gasteiger partial charge in [0.1, 0.15) is 0 Å². The molecule has 0 saturated heterocycles. The Hall–Kier alpha value is -1.78. The van der Waals surface area contributed by atoms with Gasteiger partial charge in [-0.05, 0) is 23.9 Å². The van der Waals surface area contributed by atoms with Crippen LogP contribution in [0.3, 0.4) is 0 Å². The zero-order valence-electron chi connectivity index (χ0n) is 10.2. The van der Waals surface area contributed by atoms with E-state index in [4.69, 9.17) is 21.9 Å². The molecule has 0 aliphatic heterocycles. The Morgan fingerprint density at radius 1 is 1.32 bits per heavy atom. The average Bonchev–Trinajstić information content (AvgIpc) is 2.95. The molecule has 5 heteroatoms. The second kappa shape index (κ2) is 4.72. The number of benzene rings is 1. The summed E-state index contributed by atoms with van der Waals surface area (Å²) in [4.78, 5) is 0.849. The molecule has 0 fully saturated rings. The minimum Gasteiger partial charge on any atom is -0.380 e. The number of hydrogen-bond acceptors (Lipinski definition) is 4. The van der Waals surface area contributed by atoms with Gasteiger partial charge in [0.25, 0.3) is 0 Å². The minimum atomic E-state index is 0.380. The standard InChI is InChI=1S/C14H11ClN2OS/c1-8-3-2-4-9(7-8)11-12(18-17-14(11)16)13-10(15)5-6-19-13/h2-7H,1H3,(H2,16,17). The average molecular weight is 291 g/mol. The molecule has 2 aromatic heterocycles. The monoisotopic (exact) mass is 290 g/mol. The van der Waals surface area contributed by atoms with E-state index in [0.29, 0.717) is 16.6 Å². The van der Waals surface area contributed by atoms with Gasteiger partial charge in [-0.25, -0.2) is 0 Å². The summed E-state index contributed by atoms with van der Waals surface area (Å²) in [6.45, 7) is 2.03. The summed E-state index contributed by atoms with van der Waals surface area (Å²) in [5.74, 6) is 1.01. The number of rotatable bonds is 2. The van der Waals surface area contributed by atoms with Gasteiger partial charge in [0.05, 0.1) is 15.5 Å². The molecule has 1 aromatic carbocycles. The lowest BCUT2D eigenvalue weighted by Gasteiger charge is -2.03. The minimum absolute atomic E-state index is 0.380. The fourth-order valence-electron chi connectivity index (χ4n) is 1.99. The number of aryl methyl sites for hydroxylation is 1. The van der Waals surface area contributed by atoms with E-state index in [1.54, 1.807) is 0 Å². The number of halogens is 1. The van der Waals surface area contributed by atoms with Gasteiger partial charge in [-0.1, -0.05) is 46.6 Å². The van der Waals surface area contributed by atoms with E-state index in [9.17, 15) is 0 Å². The van der Waals surface area contributed by atoms with Crippen LogP contribution in [0.2, 0.25) is 5.02 Å². The molecule has 0 aliphatic rings. The molecule has 0 atom stereocenters. The van der Waals surface area contributed by atoms with Gasteiger partial charge >= 0.3 is 0 Å². The summed E-state index contributed by atoms with van der Waals surface area (Å²) in [7, 11) is 0. The number of nitrogen functional groups attached to an aromatic ring is 1. The van der Waals surface area contributed by atoms with Crippen molar-refractivity contribution in [2.75, 3.05) is 5.73 Å². The highest BCUT2D eigenvalue weighted by Gasteiger charge is 2.20. The molecule has 0 amide bonds. The summed E-state index contributed by atoms with van der Waals surface area (Å²) in [5, 5.41) is 6.43. The number of nitrogens with two attached hydrogens (primary N) is 1. The molecule has 3 nitrogen and oxygen atoms in total. The SMILES string of the molecule is Cc1cccc(-c2c(N)noc2-c2sccc2Cl)c1. The van der Waals surface area contributed by atoms with Gasteiger partial charge in [-0.15, -0.1) is 11.3 Å².